The Labute approximate surface area is 120 Å². The zero-order chi connectivity index (χ0) is 15.3. The molecule has 0 aromatic heterocycles. The lowest BCUT2D eigenvalue weighted by atomic mass is 9.79. The summed E-state index contributed by atoms with van der Waals surface area (Å²) >= 11 is 0. The molecule has 0 aliphatic carbocycles. The van der Waals surface area contributed by atoms with Crippen molar-refractivity contribution in [3.63, 3.8) is 0 Å². The maximum absolute atomic E-state index is 11.8. The minimum Gasteiger partial charge on any atom is -0.399 e. The van der Waals surface area contributed by atoms with Gasteiger partial charge in [-0.05, 0) is 46.2 Å². The second kappa shape index (κ2) is 4.56. The van der Waals surface area contributed by atoms with Gasteiger partial charge in [0.2, 0.25) is 10.0 Å². The molecule has 0 atom stereocenters. The second-order valence-corrected chi connectivity index (χ2v) is 7.70. The Morgan fingerprint density at radius 1 is 1.10 bits per heavy atom. The molecule has 1 aromatic rings. The first kappa shape index (κ1) is 15.5. The molecule has 1 aliphatic rings. The third-order valence-corrected chi connectivity index (χ3v) is 4.95. The van der Waals surface area contributed by atoms with Crippen molar-refractivity contribution in [1.82, 2.24) is 0 Å². The third kappa shape index (κ3) is 2.63. The van der Waals surface area contributed by atoms with Gasteiger partial charge in [0.1, 0.15) is 0 Å². The Bertz CT molecular complexity index is 624. The van der Waals surface area contributed by atoms with Crippen molar-refractivity contribution in [3.05, 3.63) is 23.8 Å². The van der Waals surface area contributed by atoms with Crippen molar-refractivity contribution in [2.75, 3.05) is 0 Å². The van der Waals surface area contributed by atoms with Crippen LogP contribution in [0.4, 0.5) is 0 Å². The molecule has 0 bridgehead atoms. The molecule has 0 amide bonds. The molecule has 0 spiro atoms. The van der Waals surface area contributed by atoms with E-state index in [0.717, 1.165) is 5.56 Å². The number of primary sulfonamides is 1. The largest absolute Gasteiger partial charge is 0.496 e. The van der Waals surface area contributed by atoms with E-state index in [0.29, 0.717) is 5.46 Å². The number of sulfonamides is 1. The Morgan fingerprint density at radius 2 is 1.60 bits per heavy atom. The van der Waals surface area contributed by atoms with Crippen LogP contribution in [0, 0.1) is 6.92 Å². The van der Waals surface area contributed by atoms with Crippen LogP contribution in [0.2, 0.25) is 0 Å². The lowest BCUT2D eigenvalue weighted by Gasteiger charge is -2.32. The quantitative estimate of drug-likeness (QED) is 0.824. The van der Waals surface area contributed by atoms with E-state index in [1.807, 2.05) is 40.7 Å². The molecule has 5 nitrogen and oxygen atoms in total. The van der Waals surface area contributed by atoms with Gasteiger partial charge in [0.25, 0.3) is 0 Å². The molecule has 0 unspecified atom stereocenters. The Hall–Kier alpha value is -0.885. The molecule has 1 aromatic carbocycles. The lowest BCUT2D eigenvalue weighted by Crippen LogP contribution is -2.41. The second-order valence-electron chi connectivity index (χ2n) is 6.17. The number of nitrogens with two attached hydrogens (primary N) is 1. The normalized spacial score (nSPS) is 21.2. The summed E-state index contributed by atoms with van der Waals surface area (Å²) in [5, 5.41) is 5.29. The molecule has 0 saturated carbocycles. The molecule has 20 heavy (non-hydrogen) atoms. The Kier molecular flexibility index (Phi) is 3.53. The molecular weight excluding hydrogens is 277 g/mol. The fourth-order valence-electron chi connectivity index (χ4n) is 2.05. The number of hydrogen-bond donors (Lipinski definition) is 1. The maximum Gasteiger partial charge on any atom is 0.496 e. The highest BCUT2D eigenvalue weighted by Crippen LogP contribution is 2.36. The molecule has 1 aliphatic heterocycles. The van der Waals surface area contributed by atoms with Gasteiger partial charge in [-0.3, -0.25) is 0 Å². The molecular formula is C13H20BNO4S. The van der Waals surface area contributed by atoms with Gasteiger partial charge >= 0.3 is 7.12 Å². The summed E-state index contributed by atoms with van der Waals surface area (Å²) in [6.45, 7) is 9.47. The topological polar surface area (TPSA) is 78.6 Å². The average Bonchev–Trinajstić information content (AvgIpc) is 2.46. The average molecular weight is 297 g/mol. The van der Waals surface area contributed by atoms with E-state index in [1.54, 1.807) is 6.07 Å². The van der Waals surface area contributed by atoms with Crippen LogP contribution in [0.1, 0.15) is 33.3 Å². The molecule has 1 saturated heterocycles. The van der Waals surface area contributed by atoms with Crippen LogP contribution < -0.4 is 10.6 Å². The van der Waals surface area contributed by atoms with E-state index in [1.165, 1.54) is 6.07 Å². The number of rotatable bonds is 2. The van der Waals surface area contributed by atoms with Gasteiger partial charge in [0, 0.05) is 5.46 Å². The number of aryl methyl sites for hydroxylation is 1. The molecule has 1 heterocycles. The van der Waals surface area contributed by atoms with E-state index >= 15 is 0 Å². The first-order valence-electron chi connectivity index (χ1n) is 6.43. The summed E-state index contributed by atoms with van der Waals surface area (Å²) in [6, 6.07) is 5.04. The van der Waals surface area contributed by atoms with E-state index in [-0.39, 0.29) is 4.90 Å². The van der Waals surface area contributed by atoms with Crippen LogP contribution in [0.3, 0.4) is 0 Å². The first-order chi connectivity index (χ1) is 8.94. The van der Waals surface area contributed by atoms with Gasteiger partial charge in [-0.1, -0.05) is 12.1 Å². The predicted molar refractivity (Wildman–Crippen MR) is 78.3 cm³/mol. The summed E-state index contributed by atoms with van der Waals surface area (Å²) < 4.78 is 35.3. The Balaban J connectivity index is 2.51. The van der Waals surface area contributed by atoms with E-state index in [2.05, 4.69) is 0 Å². The fourth-order valence-corrected chi connectivity index (χ4v) is 2.90. The zero-order valence-corrected chi connectivity index (χ0v) is 13.2. The highest BCUT2D eigenvalue weighted by atomic mass is 32.2. The summed E-state index contributed by atoms with van der Waals surface area (Å²) in [4.78, 5) is 0.0519. The zero-order valence-electron chi connectivity index (χ0n) is 12.4. The van der Waals surface area contributed by atoms with Crippen LogP contribution in [0.5, 0.6) is 0 Å². The maximum atomic E-state index is 11.8. The minimum absolute atomic E-state index is 0.0519. The molecule has 7 heteroatoms. The standard InChI is InChI=1S/C13H20BNO4S/c1-9-6-7-10(11(8-9)20(15,16)17)14-18-12(2,3)13(4,5)19-14/h6-8H,1-5H3,(H2,15,16,17). The summed E-state index contributed by atoms with van der Waals surface area (Å²) in [5.41, 5.74) is 0.196. The highest BCUT2D eigenvalue weighted by Gasteiger charge is 2.52. The van der Waals surface area contributed by atoms with Crippen LogP contribution in [-0.4, -0.2) is 26.7 Å². The summed E-state index contributed by atoms with van der Waals surface area (Å²) in [5.74, 6) is 0. The van der Waals surface area contributed by atoms with Crippen molar-refractivity contribution in [3.8, 4) is 0 Å². The summed E-state index contributed by atoms with van der Waals surface area (Å²) in [6.07, 6.45) is 0. The van der Waals surface area contributed by atoms with E-state index < -0.39 is 28.3 Å². The molecule has 2 rings (SSSR count). The van der Waals surface area contributed by atoms with Gasteiger partial charge in [0.05, 0.1) is 16.1 Å². The predicted octanol–water partition coefficient (Wildman–Crippen LogP) is 0.942. The van der Waals surface area contributed by atoms with Crippen molar-refractivity contribution in [1.29, 1.82) is 0 Å². The van der Waals surface area contributed by atoms with Crippen molar-refractivity contribution >= 4 is 22.6 Å². The minimum atomic E-state index is -3.83. The third-order valence-electron chi connectivity index (χ3n) is 3.98. The Morgan fingerprint density at radius 3 is 2.05 bits per heavy atom. The van der Waals surface area contributed by atoms with Crippen LogP contribution in [0.25, 0.3) is 0 Å². The highest BCUT2D eigenvalue weighted by molar-refractivity contribution is 7.89. The van der Waals surface area contributed by atoms with Crippen molar-refractivity contribution in [2.45, 2.75) is 50.7 Å². The van der Waals surface area contributed by atoms with Crippen molar-refractivity contribution < 1.29 is 17.7 Å². The summed E-state index contributed by atoms with van der Waals surface area (Å²) in [7, 11) is -4.57. The molecule has 1 fully saturated rings. The lowest BCUT2D eigenvalue weighted by molar-refractivity contribution is 0.00578. The molecule has 2 N–H and O–H groups in total. The fraction of sp³-hybridized carbons (Fsp3) is 0.538. The van der Waals surface area contributed by atoms with Gasteiger partial charge < -0.3 is 9.31 Å². The smallest absolute Gasteiger partial charge is 0.399 e. The van der Waals surface area contributed by atoms with Gasteiger partial charge in [-0.2, -0.15) is 0 Å². The number of benzene rings is 1. The van der Waals surface area contributed by atoms with E-state index in [4.69, 9.17) is 14.4 Å². The van der Waals surface area contributed by atoms with Gasteiger partial charge in [-0.15, -0.1) is 0 Å². The van der Waals surface area contributed by atoms with Crippen LogP contribution in [-0.2, 0) is 19.3 Å². The van der Waals surface area contributed by atoms with Crippen LogP contribution >= 0.6 is 0 Å². The SMILES string of the molecule is Cc1ccc(B2OC(C)(C)C(C)(C)O2)c(S(N)(=O)=O)c1. The monoisotopic (exact) mass is 297 g/mol. The first-order valence-corrected chi connectivity index (χ1v) is 7.98. The van der Waals surface area contributed by atoms with Crippen LogP contribution in [0.15, 0.2) is 23.1 Å². The molecule has 110 valence electrons. The van der Waals surface area contributed by atoms with Crippen molar-refractivity contribution in [2.24, 2.45) is 5.14 Å². The van der Waals surface area contributed by atoms with Gasteiger partial charge in [0.15, 0.2) is 0 Å². The van der Waals surface area contributed by atoms with E-state index in [9.17, 15) is 8.42 Å². The van der Waals surface area contributed by atoms with Gasteiger partial charge in [-0.25, -0.2) is 13.6 Å². The molecule has 0 radical (unpaired) electrons. The number of hydrogen-bond acceptors (Lipinski definition) is 4.